The van der Waals surface area contributed by atoms with Gasteiger partial charge in [-0.05, 0) is 30.7 Å². The van der Waals surface area contributed by atoms with Gasteiger partial charge in [-0.2, -0.15) is 0 Å². The van der Waals surface area contributed by atoms with Crippen LogP contribution in [0, 0.1) is 0 Å². The van der Waals surface area contributed by atoms with Crippen LogP contribution in [0.5, 0.6) is 5.75 Å². The number of hydrogen-bond acceptors (Lipinski definition) is 6. The van der Waals surface area contributed by atoms with Gasteiger partial charge in [0, 0.05) is 36.8 Å². The zero-order valence-corrected chi connectivity index (χ0v) is 14.7. The zero-order valence-electron chi connectivity index (χ0n) is 13.9. The van der Waals surface area contributed by atoms with Gasteiger partial charge in [0.25, 0.3) is 0 Å². The Balaban J connectivity index is 1.32. The fourth-order valence-electron chi connectivity index (χ4n) is 3.73. The van der Waals surface area contributed by atoms with Crippen molar-refractivity contribution >= 4 is 17.0 Å². The summed E-state index contributed by atoms with van der Waals surface area (Å²) in [4.78, 5) is 6.86. The van der Waals surface area contributed by atoms with E-state index >= 15 is 0 Å². The van der Waals surface area contributed by atoms with Crippen LogP contribution in [0.2, 0.25) is 0 Å². The summed E-state index contributed by atoms with van der Waals surface area (Å²) in [5.41, 5.74) is 1.14. The van der Waals surface area contributed by atoms with Gasteiger partial charge in [-0.25, -0.2) is 4.98 Å². The number of nitrogens with zero attached hydrogens (tertiary/aromatic N) is 2. The van der Waals surface area contributed by atoms with Crippen LogP contribution in [0.15, 0.2) is 35.8 Å². The van der Waals surface area contributed by atoms with Gasteiger partial charge in [-0.3, -0.25) is 4.90 Å². The van der Waals surface area contributed by atoms with Crippen LogP contribution in [0.3, 0.4) is 0 Å². The van der Waals surface area contributed by atoms with E-state index in [-0.39, 0.29) is 5.60 Å². The first-order valence-corrected chi connectivity index (χ1v) is 9.28. The molecule has 0 amide bonds. The standard InChI is InChI=1S/C18H23N3O2S/c1-22-16-4-2-14(3-5-16)20-15-10-18(23-12-15)6-8-21(13-18)11-17-19-7-9-24-17/h2-5,7,9,15,20H,6,8,10-13H2,1H3/t15-,18-/m1/s1. The van der Waals surface area contributed by atoms with Gasteiger partial charge in [0.1, 0.15) is 10.8 Å². The van der Waals surface area contributed by atoms with Gasteiger partial charge in [0.05, 0.1) is 31.9 Å². The molecule has 3 heterocycles. The first kappa shape index (κ1) is 15.9. The molecule has 2 aliphatic rings. The smallest absolute Gasteiger partial charge is 0.119 e. The summed E-state index contributed by atoms with van der Waals surface area (Å²) in [6, 6.07) is 8.47. The van der Waals surface area contributed by atoms with Crippen LogP contribution in [-0.4, -0.2) is 48.3 Å². The minimum absolute atomic E-state index is 0.0153. The Labute approximate surface area is 146 Å². The summed E-state index contributed by atoms with van der Waals surface area (Å²) >= 11 is 1.73. The number of ether oxygens (including phenoxy) is 2. The third-order valence-corrected chi connectivity index (χ3v) is 5.67. The number of anilines is 1. The molecule has 6 heteroatoms. The molecule has 2 aromatic rings. The molecule has 1 aromatic heterocycles. The molecule has 2 saturated heterocycles. The number of rotatable bonds is 5. The predicted molar refractivity (Wildman–Crippen MR) is 95.7 cm³/mol. The Kier molecular flexibility index (Phi) is 4.43. The van der Waals surface area contributed by atoms with E-state index in [1.54, 1.807) is 18.4 Å². The number of hydrogen-bond donors (Lipinski definition) is 1. The highest BCUT2D eigenvalue weighted by Crippen LogP contribution is 2.36. The molecular formula is C18H23N3O2S. The third-order valence-electron chi connectivity index (χ3n) is 4.91. The second-order valence-corrected chi connectivity index (χ2v) is 7.63. The number of thiazole rings is 1. The molecule has 0 unspecified atom stereocenters. The summed E-state index contributed by atoms with van der Waals surface area (Å²) in [6.07, 6.45) is 4.05. The van der Waals surface area contributed by atoms with Crippen LogP contribution in [0.1, 0.15) is 17.8 Å². The Morgan fingerprint density at radius 2 is 2.29 bits per heavy atom. The number of aromatic nitrogens is 1. The first-order chi connectivity index (χ1) is 11.7. The second kappa shape index (κ2) is 6.70. The van der Waals surface area contributed by atoms with Crippen LogP contribution in [0.4, 0.5) is 5.69 Å². The zero-order chi connectivity index (χ0) is 16.4. The topological polar surface area (TPSA) is 46.6 Å². The third kappa shape index (κ3) is 3.41. The van der Waals surface area contributed by atoms with Gasteiger partial charge in [-0.1, -0.05) is 0 Å². The summed E-state index contributed by atoms with van der Waals surface area (Å²) in [5, 5.41) is 6.83. The van der Waals surface area contributed by atoms with Crippen molar-refractivity contribution in [1.29, 1.82) is 0 Å². The quantitative estimate of drug-likeness (QED) is 0.903. The van der Waals surface area contributed by atoms with Gasteiger partial charge in [-0.15, -0.1) is 11.3 Å². The maximum absolute atomic E-state index is 6.23. The highest BCUT2D eigenvalue weighted by atomic mass is 32.1. The maximum Gasteiger partial charge on any atom is 0.119 e. The van der Waals surface area contributed by atoms with Gasteiger partial charge >= 0.3 is 0 Å². The molecule has 0 aliphatic carbocycles. The molecule has 24 heavy (non-hydrogen) atoms. The maximum atomic E-state index is 6.23. The second-order valence-electron chi connectivity index (χ2n) is 6.65. The van der Waals surface area contributed by atoms with Gasteiger partial charge in [0.15, 0.2) is 0 Å². The fraction of sp³-hybridized carbons (Fsp3) is 0.500. The number of methoxy groups -OCH3 is 1. The monoisotopic (exact) mass is 345 g/mol. The Hall–Kier alpha value is -1.63. The van der Waals surface area contributed by atoms with E-state index in [0.717, 1.165) is 50.5 Å². The molecule has 2 fully saturated rings. The highest BCUT2D eigenvalue weighted by Gasteiger charge is 2.45. The lowest BCUT2D eigenvalue weighted by Gasteiger charge is -2.23. The number of likely N-dealkylation sites (tertiary alicyclic amines) is 1. The van der Waals surface area contributed by atoms with Crippen LogP contribution >= 0.6 is 11.3 Å². The Morgan fingerprint density at radius 1 is 1.42 bits per heavy atom. The van der Waals surface area contributed by atoms with Crippen molar-refractivity contribution in [2.45, 2.75) is 31.0 Å². The molecule has 1 spiro atoms. The SMILES string of the molecule is COc1ccc(N[C@H]2CO[C@]3(CCN(Cc4nccs4)C3)C2)cc1. The molecule has 2 atom stereocenters. The average Bonchev–Trinajstić information content (AvgIpc) is 3.33. The van der Waals surface area contributed by atoms with E-state index < -0.39 is 0 Å². The van der Waals surface area contributed by atoms with Crippen molar-refractivity contribution in [2.24, 2.45) is 0 Å². The molecule has 1 aromatic carbocycles. The summed E-state index contributed by atoms with van der Waals surface area (Å²) in [5.74, 6) is 0.883. The van der Waals surface area contributed by atoms with E-state index in [4.69, 9.17) is 9.47 Å². The van der Waals surface area contributed by atoms with Crippen molar-refractivity contribution in [2.75, 3.05) is 32.1 Å². The van der Waals surface area contributed by atoms with E-state index in [1.807, 2.05) is 23.7 Å². The van der Waals surface area contributed by atoms with Gasteiger partial charge in [0.2, 0.25) is 0 Å². The van der Waals surface area contributed by atoms with Crippen molar-refractivity contribution in [3.05, 3.63) is 40.8 Å². The first-order valence-electron chi connectivity index (χ1n) is 8.40. The summed E-state index contributed by atoms with van der Waals surface area (Å²) < 4.78 is 11.4. The normalized spacial score (nSPS) is 27.0. The van der Waals surface area contributed by atoms with Crippen molar-refractivity contribution in [1.82, 2.24) is 9.88 Å². The van der Waals surface area contributed by atoms with E-state index in [9.17, 15) is 0 Å². The molecular weight excluding hydrogens is 322 g/mol. The Morgan fingerprint density at radius 3 is 3.04 bits per heavy atom. The molecule has 5 nitrogen and oxygen atoms in total. The van der Waals surface area contributed by atoms with Gasteiger partial charge < -0.3 is 14.8 Å². The molecule has 0 radical (unpaired) electrons. The van der Waals surface area contributed by atoms with E-state index in [2.05, 4.69) is 27.3 Å². The Bertz CT molecular complexity index is 661. The number of nitrogens with one attached hydrogen (secondary N) is 1. The van der Waals surface area contributed by atoms with Crippen LogP contribution < -0.4 is 10.1 Å². The lowest BCUT2D eigenvalue weighted by atomic mass is 9.97. The predicted octanol–water partition coefficient (Wildman–Crippen LogP) is 3.00. The van der Waals surface area contributed by atoms with E-state index in [0.29, 0.717) is 6.04 Å². The van der Waals surface area contributed by atoms with E-state index in [1.165, 1.54) is 5.01 Å². The molecule has 1 N–H and O–H groups in total. The molecule has 4 rings (SSSR count). The largest absolute Gasteiger partial charge is 0.497 e. The van der Waals surface area contributed by atoms with Crippen molar-refractivity contribution < 1.29 is 9.47 Å². The number of benzene rings is 1. The average molecular weight is 345 g/mol. The van der Waals surface area contributed by atoms with Crippen LogP contribution in [-0.2, 0) is 11.3 Å². The minimum atomic E-state index is 0.0153. The lowest BCUT2D eigenvalue weighted by molar-refractivity contribution is 0.0120. The molecule has 128 valence electrons. The summed E-state index contributed by atoms with van der Waals surface area (Å²) in [6.45, 7) is 3.82. The van der Waals surface area contributed by atoms with Crippen molar-refractivity contribution in [3.63, 3.8) is 0 Å². The summed E-state index contributed by atoms with van der Waals surface area (Å²) in [7, 11) is 1.69. The fourth-order valence-corrected chi connectivity index (χ4v) is 4.39. The molecule has 0 bridgehead atoms. The van der Waals surface area contributed by atoms with Crippen molar-refractivity contribution in [3.8, 4) is 5.75 Å². The molecule has 0 saturated carbocycles. The molecule has 2 aliphatic heterocycles. The van der Waals surface area contributed by atoms with Crippen LogP contribution in [0.25, 0.3) is 0 Å². The highest BCUT2D eigenvalue weighted by molar-refractivity contribution is 7.09. The lowest BCUT2D eigenvalue weighted by Crippen LogP contribution is -2.33. The minimum Gasteiger partial charge on any atom is -0.497 e.